The summed E-state index contributed by atoms with van der Waals surface area (Å²) >= 11 is 0. The lowest BCUT2D eigenvalue weighted by Gasteiger charge is -2.26. The Morgan fingerprint density at radius 1 is 1.31 bits per heavy atom. The van der Waals surface area contributed by atoms with Gasteiger partial charge in [0, 0.05) is 0 Å². The van der Waals surface area contributed by atoms with Crippen LogP contribution in [0.1, 0.15) is 18.9 Å². The van der Waals surface area contributed by atoms with Crippen LogP contribution in [-0.2, 0) is 19.7 Å². The highest BCUT2D eigenvalue weighted by Crippen LogP contribution is 2.29. The van der Waals surface area contributed by atoms with Crippen LogP contribution in [0.2, 0.25) is 0 Å². The second kappa shape index (κ2) is 4.79. The second-order valence-electron chi connectivity index (χ2n) is 3.48. The molecule has 1 aromatic carbocycles. The van der Waals surface area contributed by atoms with Crippen molar-refractivity contribution in [3.63, 3.8) is 0 Å². The Labute approximate surface area is 94.4 Å². The average Bonchev–Trinajstić information content (AvgIpc) is 2.31. The largest absolute Gasteiger partial charge is 0.468 e. The first-order valence-electron chi connectivity index (χ1n) is 5.03. The van der Waals surface area contributed by atoms with Crippen molar-refractivity contribution in [1.82, 2.24) is 0 Å². The number of ether oxygens (including phenoxy) is 1. The fourth-order valence-corrected chi connectivity index (χ4v) is 1.78. The predicted molar refractivity (Wildman–Crippen MR) is 59.6 cm³/mol. The third kappa shape index (κ3) is 1.78. The molecule has 0 aliphatic heterocycles. The van der Waals surface area contributed by atoms with E-state index in [0.29, 0.717) is 5.56 Å². The van der Waals surface area contributed by atoms with E-state index >= 15 is 0 Å². The Bertz CT molecular complexity index is 389. The first-order valence-corrected chi connectivity index (χ1v) is 5.03. The van der Waals surface area contributed by atoms with Crippen LogP contribution in [0.3, 0.4) is 0 Å². The molecule has 0 radical (unpaired) electrons. The standard InChI is InChI=1S/C12H15NO3/c1-3-12(10(13)14,11(15)16-2)9-7-5-4-6-8-9/h4-8H,3H2,1-2H3,(H2,13,14). The highest BCUT2D eigenvalue weighted by Gasteiger charge is 2.45. The third-order valence-corrected chi connectivity index (χ3v) is 2.75. The molecule has 0 heterocycles. The second-order valence-corrected chi connectivity index (χ2v) is 3.48. The normalized spacial score (nSPS) is 13.9. The number of hydrogen-bond acceptors (Lipinski definition) is 3. The maximum atomic E-state index is 11.8. The molecule has 0 aliphatic rings. The SMILES string of the molecule is CCC(C(N)=O)(C(=O)OC)c1ccccc1. The van der Waals surface area contributed by atoms with E-state index in [-0.39, 0.29) is 6.42 Å². The van der Waals surface area contributed by atoms with Crippen LogP contribution in [0.15, 0.2) is 30.3 Å². The predicted octanol–water partition coefficient (Wildman–Crippen LogP) is 0.993. The third-order valence-electron chi connectivity index (χ3n) is 2.75. The molecule has 0 spiro atoms. The summed E-state index contributed by atoms with van der Waals surface area (Å²) in [5.41, 5.74) is 4.54. The van der Waals surface area contributed by atoms with Crippen LogP contribution in [0.5, 0.6) is 0 Å². The molecule has 0 saturated heterocycles. The Hall–Kier alpha value is -1.84. The molecule has 1 atom stereocenters. The molecule has 1 amide bonds. The van der Waals surface area contributed by atoms with E-state index in [1.54, 1.807) is 31.2 Å². The fraction of sp³-hybridized carbons (Fsp3) is 0.333. The summed E-state index contributed by atoms with van der Waals surface area (Å²) in [4.78, 5) is 23.4. The number of nitrogens with two attached hydrogens (primary N) is 1. The van der Waals surface area contributed by atoms with Gasteiger partial charge in [0.05, 0.1) is 7.11 Å². The molecule has 1 aromatic rings. The summed E-state index contributed by atoms with van der Waals surface area (Å²) in [6, 6.07) is 8.72. The lowest BCUT2D eigenvalue weighted by Crippen LogP contribution is -2.48. The Kier molecular flexibility index (Phi) is 3.66. The summed E-state index contributed by atoms with van der Waals surface area (Å²) in [7, 11) is 1.25. The molecular weight excluding hydrogens is 206 g/mol. The zero-order valence-corrected chi connectivity index (χ0v) is 9.40. The van der Waals surface area contributed by atoms with Gasteiger partial charge in [-0.2, -0.15) is 0 Å². The molecule has 1 unspecified atom stereocenters. The van der Waals surface area contributed by atoms with Crippen LogP contribution in [0.25, 0.3) is 0 Å². The van der Waals surface area contributed by atoms with Crippen molar-refractivity contribution in [2.45, 2.75) is 18.8 Å². The molecule has 0 fully saturated rings. The lowest BCUT2D eigenvalue weighted by atomic mass is 9.77. The molecule has 1 rings (SSSR count). The smallest absolute Gasteiger partial charge is 0.325 e. The van der Waals surface area contributed by atoms with Gasteiger partial charge in [0.1, 0.15) is 0 Å². The van der Waals surface area contributed by atoms with Gasteiger partial charge in [-0.25, -0.2) is 0 Å². The van der Waals surface area contributed by atoms with Crippen molar-refractivity contribution in [2.75, 3.05) is 7.11 Å². The average molecular weight is 221 g/mol. The zero-order valence-electron chi connectivity index (χ0n) is 9.40. The Morgan fingerprint density at radius 3 is 2.25 bits per heavy atom. The van der Waals surface area contributed by atoms with E-state index in [4.69, 9.17) is 5.73 Å². The van der Waals surface area contributed by atoms with Gasteiger partial charge in [-0.05, 0) is 12.0 Å². The van der Waals surface area contributed by atoms with Crippen molar-refractivity contribution in [2.24, 2.45) is 5.73 Å². The van der Waals surface area contributed by atoms with Crippen LogP contribution in [0, 0.1) is 0 Å². The summed E-state index contributed by atoms with van der Waals surface area (Å²) < 4.78 is 4.68. The van der Waals surface area contributed by atoms with Gasteiger partial charge in [-0.1, -0.05) is 37.3 Å². The van der Waals surface area contributed by atoms with E-state index in [1.807, 2.05) is 6.07 Å². The highest BCUT2D eigenvalue weighted by atomic mass is 16.5. The van der Waals surface area contributed by atoms with Crippen LogP contribution < -0.4 is 5.73 Å². The molecule has 0 aromatic heterocycles. The van der Waals surface area contributed by atoms with Crippen molar-refractivity contribution < 1.29 is 14.3 Å². The number of primary amides is 1. The van der Waals surface area contributed by atoms with Crippen molar-refractivity contribution in [3.05, 3.63) is 35.9 Å². The van der Waals surface area contributed by atoms with Gasteiger partial charge in [0.2, 0.25) is 5.91 Å². The summed E-state index contributed by atoms with van der Waals surface area (Å²) in [6.45, 7) is 1.73. The summed E-state index contributed by atoms with van der Waals surface area (Å²) in [5, 5.41) is 0. The molecular formula is C12H15NO3. The van der Waals surface area contributed by atoms with Crippen molar-refractivity contribution >= 4 is 11.9 Å². The molecule has 4 nitrogen and oxygen atoms in total. The topological polar surface area (TPSA) is 69.4 Å². The summed E-state index contributed by atoms with van der Waals surface area (Å²) in [6.07, 6.45) is 0.277. The Balaban J connectivity index is 3.35. The number of amides is 1. The molecule has 86 valence electrons. The maximum absolute atomic E-state index is 11.8. The minimum Gasteiger partial charge on any atom is -0.468 e. The number of benzene rings is 1. The van der Waals surface area contributed by atoms with Crippen LogP contribution in [-0.4, -0.2) is 19.0 Å². The molecule has 0 bridgehead atoms. The number of hydrogen-bond donors (Lipinski definition) is 1. The van der Waals surface area contributed by atoms with Crippen molar-refractivity contribution in [1.29, 1.82) is 0 Å². The van der Waals surface area contributed by atoms with E-state index in [2.05, 4.69) is 4.74 Å². The lowest BCUT2D eigenvalue weighted by molar-refractivity contribution is -0.152. The minimum absolute atomic E-state index is 0.277. The number of methoxy groups -OCH3 is 1. The van der Waals surface area contributed by atoms with Gasteiger partial charge < -0.3 is 10.5 Å². The monoisotopic (exact) mass is 221 g/mol. The van der Waals surface area contributed by atoms with Crippen molar-refractivity contribution in [3.8, 4) is 0 Å². The molecule has 0 saturated carbocycles. The van der Waals surface area contributed by atoms with Gasteiger partial charge in [0.25, 0.3) is 0 Å². The minimum atomic E-state index is -1.38. The summed E-state index contributed by atoms with van der Waals surface area (Å²) in [5.74, 6) is -1.30. The number of esters is 1. The van der Waals surface area contributed by atoms with Crippen LogP contribution >= 0.6 is 0 Å². The fourth-order valence-electron chi connectivity index (χ4n) is 1.78. The van der Waals surface area contributed by atoms with Gasteiger partial charge >= 0.3 is 5.97 Å². The number of carbonyl (C=O) groups excluding carboxylic acids is 2. The first kappa shape index (κ1) is 12.2. The maximum Gasteiger partial charge on any atom is 0.325 e. The molecule has 4 heteroatoms. The number of rotatable bonds is 4. The van der Waals surface area contributed by atoms with E-state index < -0.39 is 17.3 Å². The molecule has 0 aliphatic carbocycles. The van der Waals surface area contributed by atoms with Gasteiger partial charge in [-0.3, -0.25) is 9.59 Å². The highest BCUT2D eigenvalue weighted by molar-refractivity contribution is 6.07. The van der Waals surface area contributed by atoms with Gasteiger partial charge in [-0.15, -0.1) is 0 Å². The number of carbonyl (C=O) groups is 2. The molecule has 2 N–H and O–H groups in total. The van der Waals surface area contributed by atoms with E-state index in [9.17, 15) is 9.59 Å². The molecule has 16 heavy (non-hydrogen) atoms. The van der Waals surface area contributed by atoms with Gasteiger partial charge in [0.15, 0.2) is 5.41 Å². The quantitative estimate of drug-likeness (QED) is 0.609. The zero-order chi connectivity index (χ0) is 12.2. The Morgan fingerprint density at radius 2 is 1.88 bits per heavy atom. The van der Waals surface area contributed by atoms with E-state index in [0.717, 1.165) is 0 Å². The van der Waals surface area contributed by atoms with Crippen LogP contribution in [0.4, 0.5) is 0 Å². The van der Waals surface area contributed by atoms with E-state index in [1.165, 1.54) is 7.11 Å². The first-order chi connectivity index (χ1) is 7.59.